The van der Waals surface area contributed by atoms with E-state index in [1.807, 2.05) is 24.3 Å². The van der Waals surface area contributed by atoms with E-state index in [2.05, 4.69) is 34.7 Å². The Morgan fingerprint density at radius 1 is 1.09 bits per heavy atom. The van der Waals surface area contributed by atoms with Crippen molar-refractivity contribution >= 4 is 23.7 Å². The van der Waals surface area contributed by atoms with Crippen LogP contribution < -0.4 is 5.32 Å². The van der Waals surface area contributed by atoms with Gasteiger partial charge in [-0.1, -0.05) is 48.5 Å². The van der Waals surface area contributed by atoms with Crippen LogP contribution >= 0.6 is 0 Å². The predicted octanol–water partition coefficient (Wildman–Crippen LogP) is 3.66. The minimum Gasteiger partial charge on any atom is -0.480 e. The second-order valence-electron chi connectivity index (χ2n) is 9.32. The zero-order valence-electron chi connectivity index (χ0n) is 19.5. The van der Waals surface area contributed by atoms with E-state index in [1.54, 1.807) is 13.8 Å². The van der Waals surface area contributed by atoms with Gasteiger partial charge in [0.2, 0.25) is 0 Å². The summed E-state index contributed by atoms with van der Waals surface area (Å²) in [5.74, 6) is -1.41. The van der Waals surface area contributed by atoms with E-state index in [0.717, 1.165) is 22.3 Å². The number of nitrogens with one attached hydrogen (secondary N) is 1. The molecular formula is C26H26N4O5. The maximum Gasteiger partial charge on any atom is 0.411 e. The molecule has 9 heteroatoms. The van der Waals surface area contributed by atoms with Crippen molar-refractivity contribution in [1.29, 1.82) is 0 Å². The zero-order chi connectivity index (χ0) is 24.7. The molecule has 1 unspecified atom stereocenters. The van der Waals surface area contributed by atoms with Crippen molar-refractivity contribution in [1.82, 2.24) is 14.7 Å². The first kappa shape index (κ1) is 22.6. The Kier molecular flexibility index (Phi) is 5.55. The largest absolute Gasteiger partial charge is 0.480 e. The fourth-order valence-corrected chi connectivity index (χ4v) is 4.78. The summed E-state index contributed by atoms with van der Waals surface area (Å²) < 4.78 is 6.99. The number of carboxylic acid groups (broad SMARTS) is 1. The van der Waals surface area contributed by atoms with Crippen molar-refractivity contribution in [3.05, 3.63) is 72.1 Å². The summed E-state index contributed by atoms with van der Waals surface area (Å²) in [5, 5.41) is 16.1. The van der Waals surface area contributed by atoms with Crippen LogP contribution in [0.1, 0.15) is 37.3 Å². The first-order valence-corrected chi connectivity index (χ1v) is 11.5. The number of carboxylic acids is 1. The summed E-state index contributed by atoms with van der Waals surface area (Å²) in [4.78, 5) is 38.1. The van der Waals surface area contributed by atoms with Crippen LogP contribution in [-0.2, 0) is 19.9 Å². The normalized spacial score (nSPS) is 16.7. The summed E-state index contributed by atoms with van der Waals surface area (Å²) in [7, 11) is 0. The molecule has 2 heterocycles. The Morgan fingerprint density at radius 3 is 2.29 bits per heavy atom. The highest BCUT2D eigenvalue weighted by molar-refractivity contribution is 5.90. The molecule has 1 atom stereocenters. The maximum atomic E-state index is 12.9. The van der Waals surface area contributed by atoms with Crippen LogP contribution in [0.4, 0.5) is 10.5 Å². The summed E-state index contributed by atoms with van der Waals surface area (Å²) in [6.45, 7) is 3.90. The Labute approximate surface area is 202 Å². The molecule has 0 spiro atoms. The number of hydrogen-bond donors (Lipinski definition) is 2. The molecule has 2 N–H and O–H groups in total. The first-order valence-electron chi connectivity index (χ1n) is 11.5. The molecule has 3 aromatic rings. The number of fused-ring (bicyclic) bond motifs is 3. The monoisotopic (exact) mass is 474 g/mol. The summed E-state index contributed by atoms with van der Waals surface area (Å²) in [5.41, 5.74) is 3.81. The minimum absolute atomic E-state index is 0.0499. The molecule has 1 fully saturated rings. The Morgan fingerprint density at radius 2 is 1.71 bits per heavy atom. The van der Waals surface area contributed by atoms with Crippen LogP contribution in [-0.4, -0.2) is 57.0 Å². The minimum atomic E-state index is -1.12. The molecule has 1 aliphatic carbocycles. The number of ether oxygens (including phenoxy) is 1. The summed E-state index contributed by atoms with van der Waals surface area (Å²) >= 11 is 0. The van der Waals surface area contributed by atoms with Crippen molar-refractivity contribution < 1.29 is 24.2 Å². The van der Waals surface area contributed by atoms with Crippen LogP contribution in [0.2, 0.25) is 0 Å². The van der Waals surface area contributed by atoms with Gasteiger partial charge in [0.15, 0.2) is 0 Å². The highest BCUT2D eigenvalue weighted by Gasteiger charge is 2.44. The molecule has 35 heavy (non-hydrogen) atoms. The number of anilines is 1. The number of likely N-dealkylation sites (tertiary alicyclic amines) is 1. The molecule has 2 aromatic carbocycles. The van der Waals surface area contributed by atoms with E-state index in [0.29, 0.717) is 18.7 Å². The summed E-state index contributed by atoms with van der Waals surface area (Å²) in [6, 6.07) is 15.4. The van der Waals surface area contributed by atoms with E-state index >= 15 is 0 Å². The lowest BCUT2D eigenvalue weighted by Gasteiger charge is -2.42. The molecule has 1 saturated heterocycles. The number of aliphatic carboxylic acids is 1. The second kappa shape index (κ2) is 8.57. The van der Waals surface area contributed by atoms with Crippen LogP contribution in [0.25, 0.3) is 11.1 Å². The molecule has 1 aromatic heterocycles. The third kappa shape index (κ3) is 3.92. The average molecular weight is 475 g/mol. The van der Waals surface area contributed by atoms with Crippen LogP contribution in [0, 0.1) is 0 Å². The number of carbonyl (C=O) groups excluding carboxylic acids is 2. The maximum absolute atomic E-state index is 12.9. The molecule has 180 valence electrons. The third-order valence-electron chi connectivity index (χ3n) is 6.83. The standard InChI is InChI=1S/C26H26N4O5/c1-26(2,24(33)29-12-11-22(29)23(31)32)30-14-16(13-27-30)28-25(34)35-15-21-19-9-5-3-7-17(19)18-8-4-6-10-20(18)21/h3-10,13-14,21-22H,11-12,15H2,1-2H3,(H,28,34)(H,31,32). The van der Waals surface area contributed by atoms with Gasteiger partial charge in [0.1, 0.15) is 18.2 Å². The van der Waals surface area contributed by atoms with E-state index in [9.17, 15) is 19.5 Å². The molecule has 0 saturated carbocycles. The van der Waals surface area contributed by atoms with Gasteiger partial charge in [-0.25, -0.2) is 9.59 Å². The average Bonchev–Trinajstić information content (AvgIpc) is 3.40. The van der Waals surface area contributed by atoms with E-state index in [1.165, 1.54) is 22.0 Å². The van der Waals surface area contributed by atoms with Crippen molar-refractivity contribution in [3.63, 3.8) is 0 Å². The SMILES string of the molecule is CC(C)(C(=O)N1CCC1C(=O)O)n1cc(NC(=O)OCC2c3ccccc3-c3ccccc32)cn1. The third-order valence-corrected chi connectivity index (χ3v) is 6.83. The van der Waals surface area contributed by atoms with Crippen molar-refractivity contribution in [2.75, 3.05) is 18.5 Å². The van der Waals surface area contributed by atoms with E-state index < -0.39 is 23.6 Å². The van der Waals surface area contributed by atoms with E-state index in [-0.39, 0.29) is 18.4 Å². The molecule has 2 amide bonds. The Bertz CT molecular complexity index is 1270. The molecule has 5 rings (SSSR count). The quantitative estimate of drug-likeness (QED) is 0.564. The van der Waals surface area contributed by atoms with Crippen LogP contribution in [0.15, 0.2) is 60.9 Å². The van der Waals surface area contributed by atoms with E-state index in [4.69, 9.17) is 4.74 Å². The fraction of sp³-hybridized carbons (Fsp3) is 0.308. The van der Waals surface area contributed by atoms with Crippen LogP contribution in [0.5, 0.6) is 0 Å². The lowest BCUT2D eigenvalue weighted by molar-refractivity contribution is -0.161. The number of hydrogen-bond acceptors (Lipinski definition) is 5. The number of nitrogens with zero attached hydrogens (tertiary/aromatic N) is 3. The van der Waals surface area contributed by atoms with Gasteiger partial charge in [0.05, 0.1) is 11.9 Å². The van der Waals surface area contributed by atoms with Crippen molar-refractivity contribution in [2.24, 2.45) is 0 Å². The number of benzene rings is 2. The lowest BCUT2D eigenvalue weighted by Crippen LogP contribution is -2.60. The molecule has 0 bridgehead atoms. The van der Waals surface area contributed by atoms with Gasteiger partial charge in [0.25, 0.3) is 5.91 Å². The molecule has 2 aliphatic rings. The van der Waals surface area contributed by atoms with Crippen molar-refractivity contribution in [3.8, 4) is 11.1 Å². The van der Waals surface area contributed by atoms with Gasteiger partial charge in [0, 0.05) is 18.7 Å². The molecular weight excluding hydrogens is 448 g/mol. The first-order chi connectivity index (χ1) is 16.8. The van der Waals surface area contributed by atoms with Gasteiger partial charge in [-0.05, 0) is 42.5 Å². The lowest BCUT2D eigenvalue weighted by atomic mass is 9.96. The molecule has 1 aliphatic heterocycles. The van der Waals surface area contributed by atoms with Gasteiger partial charge in [-0.3, -0.25) is 14.8 Å². The Balaban J connectivity index is 1.23. The van der Waals surface area contributed by atoms with Crippen LogP contribution in [0.3, 0.4) is 0 Å². The second-order valence-corrected chi connectivity index (χ2v) is 9.32. The Hall–Kier alpha value is -4.14. The molecule has 0 radical (unpaired) electrons. The van der Waals surface area contributed by atoms with Gasteiger partial charge in [-0.15, -0.1) is 0 Å². The van der Waals surface area contributed by atoms with Gasteiger partial charge in [-0.2, -0.15) is 5.10 Å². The number of amides is 2. The van der Waals surface area contributed by atoms with Gasteiger partial charge < -0.3 is 14.7 Å². The highest BCUT2D eigenvalue weighted by atomic mass is 16.5. The topological polar surface area (TPSA) is 114 Å². The number of rotatable bonds is 6. The smallest absolute Gasteiger partial charge is 0.411 e. The highest BCUT2D eigenvalue weighted by Crippen LogP contribution is 2.44. The number of carbonyl (C=O) groups is 3. The zero-order valence-corrected chi connectivity index (χ0v) is 19.5. The van der Waals surface area contributed by atoms with Crippen molar-refractivity contribution in [2.45, 2.75) is 37.8 Å². The fourth-order valence-electron chi connectivity index (χ4n) is 4.78. The summed E-state index contributed by atoms with van der Waals surface area (Å²) in [6.07, 6.45) is 2.78. The molecule has 9 nitrogen and oxygen atoms in total. The van der Waals surface area contributed by atoms with Gasteiger partial charge >= 0.3 is 12.1 Å². The number of aromatic nitrogens is 2. The predicted molar refractivity (Wildman–Crippen MR) is 128 cm³/mol.